The van der Waals surface area contributed by atoms with Gasteiger partial charge in [-0.05, 0) is 37.0 Å². The maximum absolute atomic E-state index is 13.6. The van der Waals surface area contributed by atoms with Gasteiger partial charge in [0.25, 0.3) is 0 Å². The number of aliphatic hydroxyl groups is 1. The van der Waals surface area contributed by atoms with E-state index in [1.165, 1.54) is 6.07 Å². The average molecular weight is 212 g/mol. The molecule has 0 bridgehead atoms. The van der Waals surface area contributed by atoms with Crippen molar-refractivity contribution in [2.75, 3.05) is 13.7 Å². The molecular formula is C12H17FO2. The van der Waals surface area contributed by atoms with Gasteiger partial charge in [-0.1, -0.05) is 6.92 Å². The molecule has 0 aromatic heterocycles. The molecule has 0 radical (unpaired) electrons. The topological polar surface area (TPSA) is 29.5 Å². The summed E-state index contributed by atoms with van der Waals surface area (Å²) in [6.45, 7) is 2.02. The van der Waals surface area contributed by atoms with E-state index in [9.17, 15) is 4.39 Å². The fraction of sp³-hybridized carbons (Fsp3) is 0.500. The van der Waals surface area contributed by atoms with Gasteiger partial charge in [-0.3, -0.25) is 0 Å². The number of aryl methyl sites for hydroxylation is 1. The van der Waals surface area contributed by atoms with Gasteiger partial charge in [0.1, 0.15) is 11.6 Å². The van der Waals surface area contributed by atoms with Crippen molar-refractivity contribution in [3.05, 3.63) is 29.1 Å². The number of hydrogen-bond acceptors (Lipinski definition) is 2. The van der Waals surface area contributed by atoms with Crippen molar-refractivity contribution in [1.29, 1.82) is 0 Å². The van der Waals surface area contributed by atoms with E-state index >= 15 is 0 Å². The molecule has 1 rings (SSSR count). The Balaban J connectivity index is 2.97. The second-order valence-corrected chi connectivity index (χ2v) is 3.44. The van der Waals surface area contributed by atoms with Crippen LogP contribution in [0, 0.1) is 5.82 Å². The summed E-state index contributed by atoms with van der Waals surface area (Å²) >= 11 is 0. The van der Waals surface area contributed by atoms with E-state index in [1.807, 2.05) is 13.0 Å². The lowest BCUT2D eigenvalue weighted by molar-refractivity contribution is 0.288. The van der Waals surface area contributed by atoms with Crippen LogP contribution in [0.25, 0.3) is 0 Å². The zero-order chi connectivity index (χ0) is 11.3. The Bertz CT molecular complexity index is 324. The molecule has 0 heterocycles. The van der Waals surface area contributed by atoms with Crippen molar-refractivity contribution >= 4 is 0 Å². The smallest absolute Gasteiger partial charge is 0.130 e. The maximum atomic E-state index is 13.6. The lowest BCUT2D eigenvalue weighted by Crippen LogP contribution is -1.98. The summed E-state index contributed by atoms with van der Waals surface area (Å²) in [6.07, 6.45) is 1.94. The third-order valence-electron chi connectivity index (χ3n) is 2.41. The summed E-state index contributed by atoms with van der Waals surface area (Å²) in [5.74, 6) is 0.384. The first kappa shape index (κ1) is 12.0. The van der Waals surface area contributed by atoms with Crippen LogP contribution in [0.5, 0.6) is 5.75 Å². The van der Waals surface area contributed by atoms with Gasteiger partial charge in [-0.25, -0.2) is 4.39 Å². The molecule has 0 aliphatic carbocycles. The first-order valence-electron chi connectivity index (χ1n) is 5.19. The minimum Gasteiger partial charge on any atom is -0.496 e. The van der Waals surface area contributed by atoms with Crippen LogP contribution in [0.15, 0.2) is 12.1 Å². The lowest BCUT2D eigenvalue weighted by Gasteiger charge is -2.10. The standard InChI is InChI=1S/C12H17FO2/c1-3-10-11(13)7-9(5-4-6-14)8-12(10)15-2/h7-8,14H,3-6H2,1-2H3. The highest BCUT2D eigenvalue weighted by molar-refractivity contribution is 5.38. The molecule has 1 N–H and O–H groups in total. The highest BCUT2D eigenvalue weighted by Crippen LogP contribution is 2.24. The molecule has 0 saturated carbocycles. The van der Waals surface area contributed by atoms with Crippen LogP contribution < -0.4 is 4.74 Å². The van der Waals surface area contributed by atoms with Crippen LogP contribution >= 0.6 is 0 Å². The number of halogens is 1. The second-order valence-electron chi connectivity index (χ2n) is 3.44. The van der Waals surface area contributed by atoms with Crippen molar-refractivity contribution in [2.24, 2.45) is 0 Å². The molecule has 0 atom stereocenters. The molecule has 0 amide bonds. The molecule has 0 aliphatic rings. The first-order chi connectivity index (χ1) is 7.22. The summed E-state index contributed by atoms with van der Waals surface area (Å²) in [6, 6.07) is 3.37. The first-order valence-corrected chi connectivity index (χ1v) is 5.19. The van der Waals surface area contributed by atoms with Gasteiger partial charge in [0.2, 0.25) is 0 Å². The van der Waals surface area contributed by atoms with Gasteiger partial charge < -0.3 is 9.84 Å². The van der Waals surface area contributed by atoms with E-state index < -0.39 is 0 Å². The van der Waals surface area contributed by atoms with Gasteiger partial charge in [0, 0.05) is 12.2 Å². The summed E-state index contributed by atoms with van der Waals surface area (Å²) in [7, 11) is 1.55. The van der Waals surface area contributed by atoms with Crippen LogP contribution in [-0.4, -0.2) is 18.8 Å². The van der Waals surface area contributed by atoms with Crippen LogP contribution in [0.3, 0.4) is 0 Å². The molecular weight excluding hydrogens is 195 g/mol. The molecule has 15 heavy (non-hydrogen) atoms. The van der Waals surface area contributed by atoms with Gasteiger partial charge in [-0.15, -0.1) is 0 Å². The number of benzene rings is 1. The highest BCUT2D eigenvalue weighted by Gasteiger charge is 2.09. The second kappa shape index (κ2) is 5.71. The van der Waals surface area contributed by atoms with E-state index in [0.717, 1.165) is 5.56 Å². The molecule has 0 saturated heterocycles. The Morgan fingerprint density at radius 2 is 2.13 bits per heavy atom. The highest BCUT2D eigenvalue weighted by atomic mass is 19.1. The van der Waals surface area contributed by atoms with Crippen molar-refractivity contribution in [3.63, 3.8) is 0 Å². The molecule has 84 valence electrons. The number of methoxy groups -OCH3 is 1. The summed E-state index contributed by atoms with van der Waals surface area (Å²) < 4.78 is 18.7. The van der Waals surface area contributed by atoms with Gasteiger partial charge in [-0.2, -0.15) is 0 Å². The Morgan fingerprint density at radius 1 is 1.40 bits per heavy atom. The monoisotopic (exact) mass is 212 g/mol. The van der Waals surface area contributed by atoms with E-state index in [-0.39, 0.29) is 12.4 Å². The number of aliphatic hydroxyl groups excluding tert-OH is 1. The largest absolute Gasteiger partial charge is 0.496 e. The number of hydrogen-bond donors (Lipinski definition) is 1. The van der Waals surface area contributed by atoms with Crippen LogP contribution in [0.1, 0.15) is 24.5 Å². The predicted octanol–water partition coefficient (Wildman–Crippen LogP) is 2.32. The van der Waals surface area contributed by atoms with Gasteiger partial charge in [0.15, 0.2) is 0 Å². The third-order valence-corrected chi connectivity index (χ3v) is 2.41. The Labute approximate surface area is 89.7 Å². The fourth-order valence-electron chi connectivity index (χ4n) is 1.62. The molecule has 1 aromatic rings. The SMILES string of the molecule is CCc1c(F)cc(CCCO)cc1OC. The molecule has 3 heteroatoms. The Morgan fingerprint density at radius 3 is 2.67 bits per heavy atom. The van der Waals surface area contributed by atoms with E-state index in [0.29, 0.717) is 30.6 Å². The molecule has 0 unspecified atom stereocenters. The van der Waals surface area contributed by atoms with Crippen LogP contribution in [-0.2, 0) is 12.8 Å². The quantitative estimate of drug-likeness (QED) is 0.811. The van der Waals surface area contributed by atoms with Gasteiger partial charge >= 0.3 is 0 Å². The number of rotatable bonds is 5. The zero-order valence-electron chi connectivity index (χ0n) is 9.22. The Kier molecular flexibility index (Phi) is 4.56. The normalized spacial score (nSPS) is 10.4. The predicted molar refractivity (Wildman–Crippen MR) is 57.7 cm³/mol. The lowest BCUT2D eigenvalue weighted by atomic mass is 10.0. The van der Waals surface area contributed by atoms with E-state index in [2.05, 4.69) is 0 Å². The molecule has 0 fully saturated rings. The van der Waals surface area contributed by atoms with E-state index in [1.54, 1.807) is 7.11 Å². The van der Waals surface area contributed by atoms with Crippen LogP contribution in [0.4, 0.5) is 4.39 Å². The summed E-state index contributed by atoms with van der Waals surface area (Å²) in [5.41, 5.74) is 1.49. The van der Waals surface area contributed by atoms with E-state index in [4.69, 9.17) is 9.84 Å². The van der Waals surface area contributed by atoms with Crippen molar-refractivity contribution < 1.29 is 14.2 Å². The minimum absolute atomic E-state index is 0.124. The molecule has 0 spiro atoms. The maximum Gasteiger partial charge on any atom is 0.130 e. The molecule has 0 aliphatic heterocycles. The minimum atomic E-state index is -0.218. The van der Waals surface area contributed by atoms with Crippen molar-refractivity contribution in [1.82, 2.24) is 0 Å². The third kappa shape index (κ3) is 2.93. The van der Waals surface area contributed by atoms with Crippen molar-refractivity contribution in [2.45, 2.75) is 26.2 Å². The van der Waals surface area contributed by atoms with Crippen molar-refractivity contribution in [3.8, 4) is 5.75 Å². The zero-order valence-corrected chi connectivity index (χ0v) is 9.22. The summed E-state index contributed by atoms with van der Waals surface area (Å²) in [5, 5.41) is 8.70. The molecule has 1 aromatic carbocycles. The van der Waals surface area contributed by atoms with Gasteiger partial charge in [0.05, 0.1) is 7.11 Å². The number of ether oxygens (including phenoxy) is 1. The molecule has 2 nitrogen and oxygen atoms in total. The fourth-order valence-corrected chi connectivity index (χ4v) is 1.62. The average Bonchev–Trinajstić information content (AvgIpc) is 2.25. The summed E-state index contributed by atoms with van der Waals surface area (Å²) in [4.78, 5) is 0. The Hall–Kier alpha value is -1.09. The van der Waals surface area contributed by atoms with Crippen LogP contribution in [0.2, 0.25) is 0 Å².